The number of allylic oxidation sites excluding steroid dienone is 3. The molecule has 0 amide bonds. The quantitative estimate of drug-likeness (QED) is 0.524. The molecule has 0 radical (unpaired) electrons. The van der Waals surface area contributed by atoms with Crippen molar-refractivity contribution in [3.05, 3.63) is 41.4 Å². The first-order chi connectivity index (χ1) is 14.4. The van der Waals surface area contributed by atoms with Gasteiger partial charge >= 0.3 is 0 Å². The van der Waals surface area contributed by atoms with E-state index in [0.29, 0.717) is 11.8 Å². The van der Waals surface area contributed by atoms with Crippen LogP contribution in [0, 0.1) is 29.1 Å². The van der Waals surface area contributed by atoms with E-state index in [2.05, 4.69) is 45.9 Å². The molecule has 3 aliphatic carbocycles. The lowest BCUT2D eigenvalue weighted by atomic mass is 9.60. The van der Waals surface area contributed by atoms with Crippen molar-refractivity contribution in [2.24, 2.45) is 29.1 Å². The molecule has 2 saturated carbocycles. The summed E-state index contributed by atoms with van der Waals surface area (Å²) in [4.78, 5) is 0. The molecule has 1 aromatic heterocycles. The summed E-state index contributed by atoms with van der Waals surface area (Å²) in [5, 5.41) is 10.3. The van der Waals surface area contributed by atoms with Crippen molar-refractivity contribution in [3.63, 3.8) is 0 Å². The van der Waals surface area contributed by atoms with Crippen LogP contribution in [0.15, 0.2) is 34.5 Å². The summed E-state index contributed by atoms with van der Waals surface area (Å²) in [7, 11) is 0. The molecule has 4 rings (SSSR count). The van der Waals surface area contributed by atoms with E-state index in [-0.39, 0.29) is 6.10 Å². The highest BCUT2D eigenvalue weighted by Gasteiger charge is 2.50. The molecule has 0 saturated heterocycles. The largest absolute Gasteiger partial charge is 0.469 e. The fourth-order valence-corrected chi connectivity index (χ4v) is 7.06. The minimum Gasteiger partial charge on any atom is -0.469 e. The molecule has 3 aliphatic rings. The van der Waals surface area contributed by atoms with Crippen LogP contribution in [-0.2, 0) is 6.42 Å². The minimum absolute atomic E-state index is 0.313. The van der Waals surface area contributed by atoms with E-state index in [0.717, 1.165) is 35.9 Å². The van der Waals surface area contributed by atoms with Crippen molar-refractivity contribution in [1.82, 2.24) is 0 Å². The molecule has 2 heteroatoms. The van der Waals surface area contributed by atoms with E-state index >= 15 is 0 Å². The van der Waals surface area contributed by atoms with Gasteiger partial charge in [-0.1, -0.05) is 64.7 Å². The molecule has 30 heavy (non-hydrogen) atoms. The van der Waals surface area contributed by atoms with E-state index in [1.165, 1.54) is 62.5 Å². The van der Waals surface area contributed by atoms with Crippen LogP contribution in [0.3, 0.4) is 0 Å². The maximum atomic E-state index is 10.3. The maximum Gasteiger partial charge on any atom is 0.113 e. The second-order valence-electron chi connectivity index (χ2n) is 11.2. The van der Waals surface area contributed by atoms with Gasteiger partial charge in [0, 0.05) is 12.0 Å². The lowest BCUT2D eigenvalue weighted by molar-refractivity contribution is 0.0929. The van der Waals surface area contributed by atoms with Gasteiger partial charge in [-0.2, -0.15) is 0 Å². The topological polar surface area (TPSA) is 33.4 Å². The zero-order chi connectivity index (χ0) is 21.3. The Balaban J connectivity index is 1.49. The van der Waals surface area contributed by atoms with Crippen LogP contribution in [0.2, 0.25) is 0 Å². The molecule has 5 atom stereocenters. The number of aliphatic hydroxyl groups is 1. The Kier molecular flexibility index (Phi) is 6.63. The van der Waals surface area contributed by atoms with Crippen LogP contribution in [0.4, 0.5) is 0 Å². The Hall–Kier alpha value is -1.28. The molecule has 0 unspecified atom stereocenters. The first kappa shape index (κ1) is 21.9. The zero-order valence-corrected chi connectivity index (χ0v) is 19.6. The second-order valence-corrected chi connectivity index (χ2v) is 11.2. The Morgan fingerprint density at radius 1 is 1.17 bits per heavy atom. The Labute approximate surface area is 183 Å². The lowest BCUT2D eigenvalue weighted by Gasteiger charge is -2.44. The number of furan rings is 1. The van der Waals surface area contributed by atoms with Gasteiger partial charge in [-0.15, -0.1) is 0 Å². The smallest absolute Gasteiger partial charge is 0.113 e. The summed E-state index contributed by atoms with van der Waals surface area (Å²) < 4.78 is 5.60. The number of hydrogen-bond donors (Lipinski definition) is 1. The van der Waals surface area contributed by atoms with Crippen molar-refractivity contribution < 1.29 is 9.52 Å². The van der Waals surface area contributed by atoms with Gasteiger partial charge in [0.2, 0.25) is 0 Å². The van der Waals surface area contributed by atoms with E-state index in [4.69, 9.17) is 4.42 Å². The second kappa shape index (κ2) is 9.07. The molecule has 1 aromatic rings. The lowest BCUT2D eigenvalue weighted by Crippen LogP contribution is -2.36. The highest BCUT2D eigenvalue weighted by atomic mass is 16.3. The molecule has 0 bridgehead atoms. The summed E-state index contributed by atoms with van der Waals surface area (Å²) in [5.74, 6) is 4.25. The molecule has 1 heterocycles. The van der Waals surface area contributed by atoms with Gasteiger partial charge in [-0.25, -0.2) is 0 Å². The minimum atomic E-state index is -0.313. The van der Waals surface area contributed by atoms with Crippen molar-refractivity contribution in [1.29, 1.82) is 0 Å². The molecule has 2 nitrogen and oxygen atoms in total. The first-order valence-electron chi connectivity index (χ1n) is 12.5. The summed E-state index contributed by atoms with van der Waals surface area (Å²) in [6, 6.07) is 2.07. The summed E-state index contributed by atoms with van der Waals surface area (Å²) >= 11 is 0. The van der Waals surface area contributed by atoms with Crippen molar-refractivity contribution >= 4 is 5.57 Å². The third-order valence-corrected chi connectivity index (χ3v) is 8.63. The number of rotatable bonds is 6. The van der Waals surface area contributed by atoms with Gasteiger partial charge in [0.05, 0.1) is 12.4 Å². The fraction of sp³-hybridized carbons (Fsp3) is 0.714. The van der Waals surface area contributed by atoms with Crippen molar-refractivity contribution in [2.45, 2.75) is 98.0 Å². The predicted octanol–water partition coefficient (Wildman–Crippen LogP) is 7.58. The Morgan fingerprint density at radius 3 is 2.80 bits per heavy atom. The SMILES string of the molecule is CC(C)CCC[C@@H](C)[C@H]1CC[C@H]2/C(=C/C=C3\C[C@@H](O)Cc4occc43)CCC[C@]12C. The van der Waals surface area contributed by atoms with Crippen LogP contribution in [0.1, 0.15) is 96.8 Å². The molecular weight excluding hydrogens is 368 g/mol. The van der Waals surface area contributed by atoms with Crippen LogP contribution in [0.5, 0.6) is 0 Å². The third kappa shape index (κ3) is 4.35. The number of hydrogen-bond acceptors (Lipinski definition) is 2. The monoisotopic (exact) mass is 410 g/mol. The van der Waals surface area contributed by atoms with Gasteiger partial charge in [0.15, 0.2) is 0 Å². The van der Waals surface area contributed by atoms with Crippen LogP contribution in [-0.4, -0.2) is 11.2 Å². The highest BCUT2D eigenvalue weighted by molar-refractivity contribution is 5.70. The van der Waals surface area contributed by atoms with Gasteiger partial charge in [-0.05, 0) is 79.3 Å². The molecule has 0 aliphatic heterocycles. The van der Waals surface area contributed by atoms with Gasteiger partial charge < -0.3 is 9.52 Å². The molecule has 2 fully saturated rings. The van der Waals surface area contributed by atoms with Crippen LogP contribution < -0.4 is 0 Å². The Morgan fingerprint density at radius 2 is 2.00 bits per heavy atom. The van der Waals surface area contributed by atoms with Gasteiger partial charge in [0.25, 0.3) is 0 Å². The van der Waals surface area contributed by atoms with E-state index in [9.17, 15) is 5.11 Å². The normalized spacial score (nSPS) is 35.1. The molecule has 166 valence electrons. The predicted molar refractivity (Wildman–Crippen MR) is 125 cm³/mol. The molecule has 0 spiro atoms. The van der Waals surface area contributed by atoms with Gasteiger partial charge in [0.1, 0.15) is 5.76 Å². The average Bonchev–Trinajstić information content (AvgIpc) is 3.29. The van der Waals surface area contributed by atoms with E-state index < -0.39 is 0 Å². The standard InChI is InChI=1S/C28H42O2/c1-19(2)7-5-8-20(3)25-12-13-26-21(9-6-15-28(25,26)4)10-11-22-17-23(29)18-27-24(22)14-16-30-27/h10-11,14,16,19-20,23,25-26,29H,5-9,12-13,15,17-18H2,1-4H3/b21-10+,22-11+/t20-,23-,25-,26+,28-/m1/s1. The number of fused-ring (bicyclic) bond motifs is 2. The van der Waals surface area contributed by atoms with Crippen molar-refractivity contribution in [3.8, 4) is 0 Å². The molecular formula is C28H42O2. The summed E-state index contributed by atoms with van der Waals surface area (Å²) in [6.07, 6.45) is 18.5. The van der Waals surface area contributed by atoms with E-state index in [1.807, 2.05) is 0 Å². The molecule has 1 N–H and O–H groups in total. The zero-order valence-electron chi connectivity index (χ0n) is 19.6. The first-order valence-corrected chi connectivity index (χ1v) is 12.5. The maximum absolute atomic E-state index is 10.3. The highest BCUT2D eigenvalue weighted by Crippen LogP contribution is 2.60. The fourth-order valence-electron chi connectivity index (χ4n) is 7.06. The van der Waals surface area contributed by atoms with Crippen molar-refractivity contribution in [2.75, 3.05) is 0 Å². The van der Waals surface area contributed by atoms with Crippen LogP contribution in [0.25, 0.3) is 5.57 Å². The van der Waals surface area contributed by atoms with E-state index in [1.54, 1.807) is 11.8 Å². The molecule has 0 aromatic carbocycles. The number of aliphatic hydroxyl groups excluding tert-OH is 1. The average molecular weight is 411 g/mol. The summed E-state index contributed by atoms with van der Waals surface area (Å²) in [6.45, 7) is 9.83. The van der Waals surface area contributed by atoms with Gasteiger partial charge in [-0.3, -0.25) is 0 Å². The Bertz CT molecular complexity index is 782. The van der Waals surface area contributed by atoms with Crippen LogP contribution >= 0.6 is 0 Å². The summed E-state index contributed by atoms with van der Waals surface area (Å²) in [5.41, 5.74) is 4.60. The third-order valence-electron chi connectivity index (χ3n) is 8.63.